The van der Waals surface area contributed by atoms with E-state index >= 15 is 0 Å². The van der Waals surface area contributed by atoms with E-state index in [-0.39, 0.29) is 18.3 Å². The third-order valence-corrected chi connectivity index (χ3v) is 3.52. The molecule has 3 heteroatoms. The minimum Gasteiger partial charge on any atom is -0.399 e. The standard InChI is InChI=1S/C13H18BO2/c1-10-6-8-11(9-7-10)14-15-12(2,3)13(4,5)16-14/h6,8-9H,1-5H3. The molecule has 0 aromatic heterocycles. The number of hydrogen-bond donors (Lipinski definition) is 0. The molecule has 1 heterocycles. The lowest BCUT2D eigenvalue weighted by Crippen LogP contribution is -2.41. The molecule has 0 atom stereocenters. The molecule has 1 aliphatic rings. The molecule has 2 nitrogen and oxygen atoms in total. The summed E-state index contributed by atoms with van der Waals surface area (Å²) in [5.74, 6) is 0. The molecular formula is C13H18BO2. The van der Waals surface area contributed by atoms with Crippen LogP contribution in [-0.4, -0.2) is 18.3 Å². The fraction of sp³-hybridized carbons (Fsp3) is 0.538. The SMILES string of the molecule is Cc1[c]cc(B2OC(C)(C)C(C)(C)O2)cc1. The Labute approximate surface area is 98.1 Å². The highest BCUT2D eigenvalue weighted by atomic mass is 16.7. The van der Waals surface area contributed by atoms with Gasteiger partial charge in [0.05, 0.1) is 11.2 Å². The van der Waals surface area contributed by atoms with Crippen molar-refractivity contribution < 1.29 is 9.31 Å². The predicted octanol–water partition coefficient (Wildman–Crippen LogP) is 2.09. The third kappa shape index (κ3) is 1.90. The van der Waals surface area contributed by atoms with E-state index in [1.165, 1.54) is 0 Å². The molecule has 0 aliphatic carbocycles. The lowest BCUT2D eigenvalue weighted by Gasteiger charge is -2.32. The molecule has 0 bridgehead atoms. The largest absolute Gasteiger partial charge is 0.494 e. The number of aryl methyl sites for hydroxylation is 1. The molecule has 16 heavy (non-hydrogen) atoms. The van der Waals surface area contributed by atoms with E-state index in [1.807, 2.05) is 25.1 Å². The summed E-state index contributed by atoms with van der Waals surface area (Å²) in [6.45, 7) is 10.3. The normalized spacial score (nSPS) is 22.4. The van der Waals surface area contributed by atoms with Gasteiger partial charge in [0.2, 0.25) is 0 Å². The molecule has 0 N–H and O–H groups in total. The van der Waals surface area contributed by atoms with Gasteiger partial charge in [-0.15, -0.1) is 0 Å². The van der Waals surface area contributed by atoms with Crippen LogP contribution in [0.2, 0.25) is 0 Å². The van der Waals surface area contributed by atoms with Gasteiger partial charge in [-0.25, -0.2) is 0 Å². The predicted molar refractivity (Wildman–Crippen MR) is 65.7 cm³/mol. The van der Waals surface area contributed by atoms with Crippen LogP contribution >= 0.6 is 0 Å². The maximum absolute atomic E-state index is 5.95. The van der Waals surface area contributed by atoms with Gasteiger partial charge in [0.25, 0.3) is 0 Å². The van der Waals surface area contributed by atoms with E-state index in [0.29, 0.717) is 0 Å². The summed E-state index contributed by atoms with van der Waals surface area (Å²) in [6, 6.07) is 9.18. The molecule has 1 radical (unpaired) electrons. The molecular weight excluding hydrogens is 199 g/mol. The lowest BCUT2D eigenvalue weighted by molar-refractivity contribution is 0.00578. The maximum atomic E-state index is 5.95. The average Bonchev–Trinajstić information content (AvgIpc) is 2.37. The lowest BCUT2D eigenvalue weighted by atomic mass is 9.79. The Hall–Kier alpha value is -0.795. The fourth-order valence-corrected chi connectivity index (χ4v) is 1.64. The van der Waals surface area contributed by atoms with Crippen LogP contribution < -0.4 is 5.46 Å². The molecule has 85 valence electrons. The first-order valence-corrected chi connectivity index (χ1v) is 5.66. The van der Waals surface area contributed by atoms with E-state index < -0.39 is 0 Å². The summed E-state index contributed by atoms with van der Waals surface area (Å²) in [6.07, 6.45) is 0. The summed E-state index contributed by atoms with van der Waals surface area (Å²) >= 11 is 0. The zero-order chi connectivity index (χ0) is 12.0. The van der Waals surface area contributed by atoms with Crippen molar-refractivity contribution in [3.8, 4) is 0 Å². The van der Waals surface area contributed by atoms with Crippen molar-refractivity contribution in [3.63, 3.8) is 0 Å². The minimum atomic E-state index is -0.276. The molecule has 1 aliphatic heterocycles. The van der Waals surface area contributed by atoms with E-state index in [0.717, 1.165) is 11.0 Å². The van der Waals surface area contributed by atoms with Crippen molar-refractivity contribution in [1.82, 2.24) is 0 Å². The van der Waals surface area contributed by atoms with Crippen LogP contribution in [-0.2, 0) is 9.31 Å². The van der Waals surface area contributed by atoms with Gasteiger partial charge >= 0.3 is 7.12 Å². The van der Waals surface area contributed by atoms with Crippen LogP contribution in [0.1, 0.15) is 33.3 Å². The third-order valence-electron chi connectivity index (χ3n) is 3.52. The second kappa shape index (κ2) is 3.61. The van der Waals surface area contributed by atoms with Gasteiger partial charge in [0.1, 0.15) is 0 Å². The Balaban J connectivity index is 2.23. The molecule has 0 unspecified atom stereocenters. The molecule has 0 spiro atoms. The van der Waals surface area contributed by atoms with Crippen molar-refractivity contribution in [2.45, 2.75) is 45.8 Å². The smallest absolute Gasteiger partial charge is 0.399 e. The zero-order valence-corrected chi connectivity index (χ0v) is 10.6. The first-order chi connectivity index (χ1) is 7.32. The molecule has 0 saturated carbocycles. The average molecular weight is 217 g/mol. The topological polar surface area (TPSA) is 18.5 Å². The highest BCUT2D eigenvalue weighted by Crippen LogP contribution is 2.36. The Bertz CT molecular complexity index is 365. The summed E-state index contributed by atoms with van der Waals surface area (Å²) in [5.41, 5.74) is 1.61. The number of rotatable bonds is 1. The van der Waals surface area contributed by atoms with Crippen LogP contribution in [0.5, 0.6) is 0 Å². The fourth-order valence-electron chi connectivity index (χ4n) is 1.64. The Morgan fingerprint density at radius 3 is 2.06 bits per heavy atom. The van der Waals surface area contributed by atoms with Gasteiger partial charge in [0.15, 0.2) is 0 Å². The zero-order valence-electron chi connectivity index (χ0n) is 10.6. The molecule has 1 fully saturated rings. The molecule has 1 saturated heterocycles. The van der Waals surface area contributed by atoms with Gasteiger partial charge in [-0.05, 0) is 51.7 Å². The van der Waals surface area contributed by atoms with Crippen molar-refractivity contribution >= 4 is 12.6 Å². The van der Waals surface area contributed by atoms with Gasteiger partial charge in [0, 0.05) is 0 Å². The van der Waals surface area contributed by atoms with Gasteiger partial charge in [-0.1, -0.05) is 18.2 Å². The second-order valence-corrected chi connectivity index (χ2v) is 5.39. The Morgan fingerprint density at radius 2 is 1.62 bits per heavy atom. The van der Waals surface area contributed by atoms with Crippen LogP contribution in [0.3, 0.4) is 0 Å². The van der Waals surface area contributed by atoms with Crippen molar-refractivity contribution in [2.24, 2.45) is 0 Å². The summed E-state index contributed by atoms with van der Waals surface area (Å²) in [4.78, 5) is 0. The molecule has 0 amide bonds. The van der Waals surface area contributed by atoms with Crippen molar-refractivity contribution in [2.75, 3.05) is 0 Å². The number of hydrogen-bond acceptors (Lipinski definition) is 2. The molecule has 2 rings (SSSR count). The Kier molecular flexibility index (Phi) is 2.63. The quantitative estimate of drug-likeness (QED) is 0.670. The summed E-state index contributed by atoms with van der Waals surface area (Å²) < 4.78 is 11.9. The monoisotopic (exact) mass is 217 g/mol. The highest BCUT2D eigenvalue weighted by molar-refractivity contribution is 6.62. The minimum absolute atomic E-state index is 0.275. The van der Waals surface area contributed by atoms with Gasteiger partial charge < -0.3 is 9.31 Å². The van der Waals surface area contributed by atoms with Crippen molar-refractivity contribution in [3.05, 3.63) is 29.8 Å². The van der Waals surface area contributed by atoms with Crippen LogP contribution in [0, 0.1) is 13.0 Å². The molecule has 1 aromatic rings. The Morgan fingerprint density at radius 1 is 1.06 bits per heavy atom. The van der Waals surface area contributed by atoms with Crippen molar-refractivity contribution in [1.29, 1.82) is 0 Å². The maximum Gasteiger partial charge on any atom is 0.494 e. The van der Waals surface area contributed by atoms with E-state index in [2.05, 4.69) is 33.8 Å². The van der Waals surface area contributed by atoms with Gasteiger partial charge in [-0.3, -0.25) is 0 Å². The van der Waals surface area contributed by atoms with E-state index in [9.17, 15) is 0 Å². The number of benzene rings is 1. The molecule has 1 aromatic carbocycles. The first kappa shape index (κ1) is 11.7. The highest BCUT2D eigenvalue weighted by Gasteiger charge is 2.51. The second-order valence-electron chi connectivity index (χ2n) is 5.39. The van der Waals surface area contributed by atoms with Gasteiger partial charge in [-0.2, -0.15) is 0 Å². The van der Waals surface area contributed by atoms with Crippen LogP contribution in [0.4, 0.5) is 0 Å². The summed E-state index contributed by atoms with van der Waals surface area (Å²) in [7, 11) is -0.276. The summed E-state index contributed by atoms with van der Waals surface area (Å²) in [5, 5.41) is 0. The van der Waals surface area contributed by atoms with E-state index in [1.54, 1.807) is 0 Å². The van der Waals surface area contributed by atoms with Crippen LogP contribution in [0.15, 0.2) is 18.2 Å². The van der Waals surface area contributed by atoms with E-state index in [4.69, 9.17) is 9.31 Å². The van der Waals surface area contributed by atoms with Crippen LogP contribution in [0.25, 0.3) is 0 Å². The first-order valence-electron chi connectivity index (χ1n) is 5.66.